The quantitative estimate of drug-likeness (QED) is 0.0298. The molecule has 0 saturated carbocycles. The van der Waals surface area contributed by atoms with Gasteiger partial charge in [-0.2, -0.15) is 14.4 Å². The zero-order valence-corrected chi connectivity index (χ0v) is 48.9. The van der Waals surface area contributed by atoms with Crippen LogP contribution in [0.3, 0.4) is 0 Å². The van der Waals surface area contributed by atoms with Gasteiger partial charge in [0.15, 0.2) is 0 Å². The molecule has 27 heteroatoms. The molecule has 24 nitrogen and oxygen atoms in total. The normalized spacial score (nSPS) is 10.8. The van der Waals surface area contributed by atoms with Gasteiger partial charge in [-0.25, -0.2) is 42.1 Å². The van der Waals surface area contributed by atoms with Gasteiger partial charge in [0.05, 0.1) is 61.3 Å². The Bertz CT molecular complexity index is 4400. The van der Waals surface area contributed by atoms with Crippen molar-refractivity contribution in [1.82, 2.24) is 37.8 Å². The number of halogens is 3. The highest BCUT2D eigenvalue weighted by atomic mass is 19.1. The summed E-state index contributed by atoms with van der Waals surface area (Å²) in [5.41, 5.74) is 10.4. The van der Waals surface area contributed by atoms with E-state index in [0.717, 1.165) is 54.6 Å². The Balaban J connectivity index is 0.000000196. The van der Waals surface area contributed by atoms with Crippen LogP contribution in [0.4, 0.5) is 48.1 Å². The number of nitrogens with two attached hydrogens (primary N) is 1. The molecule has 0 aliphatic carbocycles. The molecule has 0 radical (unpaired) electrons. The molecule has 3 heterocycles. The Morgan fingerprint density at radius 2 is 0.888 bits per heavy atom. The van der Waals surface area contributed by atoms with Gasteiger partial charge in [-0.3, -0.25) is 29.4 Å². The number of fused-ring (bicyclic) bond motifs is 1. The second kappa shape index (κ2) is 29.1. The van der Waals surface area contributed by atoms with Crippen LogP contribution in [0.5, 0.6) is 11.5 Å². The molecule has 0 fully saturated rings. The van der Waals surface area contributed by atoms with Crippen LogP contribution in [-0.4, -0.2) is 81.5 Å². The number of aryl methyl sites for hydroxylation is 3. The molecule has 7 aromatic carbocycles. The summed E-state index contributed by atoms with van der Waals surface area (Å²) >= 11 is 0. The van der Waals surface area contributed by atoms with Gasteiger partial charge < -0.3 is 35.7 Å². The number of nitrogen functional groups attached to an aromatic ring is 1. The standard InChI is InChI=1S/C28H28FN7O3.C27H27FN6O5.C7H6FNO2/c1-18-3-12-23-24(15-18)34(25(30)32-23)14-13-31-26-33-27(37)36(17-19-4-8-21(29)9-5-19)28(38)35(26)16-20-6-10-22(39-2)11-7-20;1-18-3-12-24(34(37)38)23(15-18)29-13-14-30-25-31-26(35)33(17-19-4-8-21(28)9-5-19)27(36)32(25)16-20-6-10-22(39-2)11-7-20;1-5-2-3-7(9(10)11)6(8)4-5/h3-12,15H,13-14,16-17H2,1-2H3,(H2,30,32)(H,31,33,37);3-12,15,29H,13-14,16-17H2,1-2H3,(H,30,31,35);2-4H,1H3. The minimum Gasteiger partial charge on any atom is -0.497 e. The maximum atomic E-state index is 13.6. The Morgan fingerprint density at radius 1 is 0.483 bits per heavy atom. The lowest BCUT2D eigenvalue weighted by Crippen LogP contribution is -2.43. The highest BCUT2D eigenvalue weighted by Gasteiger charge is 2.19. The number of aromatic nitrogens is 8. The number of nitro benzene ring substituents is 2. The van der Waals surface area contributed by atoms with Crippen LogP contribution in [0.1, 0.15) is 38.9 Å². The lowest BCUT2D eigenvalue weighted by atomic mass is 10.2. The number of anilines is 4. The van der Waals surface area contributed by atoms with Gasteiger partial charge in [-0.1, -0.05) is 66.7 Å². The highest BCUT2D eigenvalue weighted by Crippen LogP contribution is 2.25. The molecule has 3 aromatic heterocycles. The second-order valence-corrected chi connectivity index (χ2v) is 20.2. The zero-order chi connectivity index (χ0) is 63.9. The molecule has 0 bridgehead atoms. The van der Waals surface area contributed by atoms with Crippen molar-refractivity contribution in [3.05, 3.63) is 270 Å². The van der Waals surface area contributed by atoms with E-state index in [1.54, 1.807) is 69.7 Å². The molecular weight excluding hydrogens is 1160 g/mol. The maximum Gasteiger partial charge on any atom is 0.355 e. The molecule has 10 rings (SSSR count). The Kier molecular flexibility index (Phi) is 20.8. The van der Waals surface area contributed by atoms with E-state index in [1.165, 1.54) is 69.8 Å². The fourth-order valence-electron chi connectivity index (χ4n) is 9.10. The third-order valence-corrected chi connectivity index (χ3v) is 13.7. The van der Waals surface area contributed by atoms with Gasteiger partial charge in [-0.05, 0) is 133 Å². The van der Waals surface area contributed by atoms with E-state index in [4.69, 9.17) is 15.2 Å². The number of hydrogen-bond donors (Lipinski definition) is 4. The lowest BCUT2D eigenvalue weighted by Gasteiger charge is -2.16. The number of imidazole rings is 1. The molecular formula is C62H61F3N14O10. The van der Waals surface area contributed by atoms with Gasteiger partial charge >= 0.3 is 28.4 Å². The first-order valence-electron chi connectivity index (χ1n) is 27.5. The summed E-state index contributed by atoms with van der Waals surface area (Å²) < 4.78 is 56.4. The van der Waals surface area contributed by atoms with Crippen molar-refractivity contribution < 1.29 is 32.5 Å². The van der Waals surface area contributed by atoms with Crippen LogP contribution in [0.25, 0.3) is 11.0 Å². The smallest absolute Gasteiger partial charge is 0.355 e. The van der Waals surface area contributed by atoms with Crippen LogP contribution in [0.2, 0.25) is 0 Å². The number of nitrogens with zero attached hydrogens (tertiary/aromatic N) is 10. The monoisotopic (exact) mass is 1220 g/mol. The van der Waals surface area contributed by atoms with Crippen molar-refractivity contribution in [3.8, 4) is 11.5 Å². The number of rotatable bonds is 21. The number of nitro groups is 2. The summed E-state index contributed by atoms with van der Waals surface area (Å²) in [4.78, 5) is 85.8. The summed E-state index contributed by atoms with van der Waals surface area (Å²) in [6.07, 6.45) is 0. The van der Waals surface area contributed by atoms with Gasteiger partial charge in [0.1, 0.15) is 28.8 Å². The van der Waals surface area contributed by atoms with Crippen LogP contribution in [-0.2, 0) is 32.7 Å². The van der Waals surface area contributed by atoms with Crippen LogP contribution in [0, 0.1) is 58.5 Å². The minimum atomic E-state index is -0.782. The fraction of sp³-hybridized carbons (Fsp3) is 0.210. The van der Waals surface area contributed by atoms with Crippen LogP contribution < -0.4 is 53.9 Å². The van der Waals surface area contributed by atoms with E-state index in [0.29, 0.717) is 52.9 Å². The summed E-state index contributed by atoms with van der Waals surface area (Å²) in [5.74, 6) is 0.287. The van der Waals surface area contributed by atoms with Gasteiger partial charge in [0, 0.05) is 38.3 Å². The van der Waals surface area contributed by atoms with Crippen LogP contribution >= 0.6 is 0 Å². The molecule has 89 heavy (non-hydrogen) atoms. The Morgan fingerprint density at radius 3 is 1.35 bits per heavy atom. The highest BCUT2D eigenvalue weighted by molar-refractivity contribution is 5.79. The summed E-state index contributed by atoms with van der Waals surface area (Å²) in [6, 6.07) is 40.0. The third-order valence-electron chi connectivity index (χ3n) is 13.7. The van der Waals surface area contributed by atoms with E-state index in [1.807, 2.05) is 48.7 Å². The second-order valence-electron chi connectivity index (χ2n) is 20.2. The number of nitrogens with one attached hydrogen (secondary N) is 3. The summed E-state index contributed by atoms with van der Waals surface area (Å²) in [5, 5.41) is 30.6. The molecule has 460 valence electrons. The Hall–Kier alpha value is -11.4. The molecule has 0 saturated heterocycles. The van der Waals surface area contributed by atoms with Crippen molar-refractivity contribution in [3.63, 3.8) is 0 Å². The molecule has 0 amide bonds. The molecule has 10 aromatic rings. The Labute approximate surface area is 505 Å². The largest absolute Gasteiger partial charge is 0.497 e. The number of methoxy groups -OCH3 is 2. The number of hydrogen-bond acceptors (Lipinski definition) is 17. The van der Waals surface area contributed by atoms with Gasteiger partial charge in [0.25, 0.3) is 5.69 Å². The maximum absolute atomic E-state index is 13.6. The molecule has 5 N–H and O–H groups in total. The van der Waals surface area contributed by atoms with E-state index in [2.05, 4.69) is 30.9 Å². The predicted octanol–water partition coefficient (Wildman–Crippen LogP) is 8.43. The first-order chi connectivity index (χ1) is 42.7. The van der Waals surface area contributed by atoms with Crippen molar-refractivity contribution in [2.24, 2.45) is 0 Å². The molecule has 0 unspecified atom stereocenters. The lowest BCUT2D eigenvalue weighted by molar-refractivity contribution is -0.387. The van der Waals surface area contributed by atoms with Crippen molar-refractivity contribution in [1.29, 1.82) is 0 Å². The SMILES string of the molecule is COc1ccc(Cn2c(NCCNc3cc(C)ccc3[N+](=O)[O-])nc(=O)n(Cc3ccc(F)cc3)c2=O)cc1.COc1ccc(Cn2c(NCCn3c(N)nc4ccc(C)cc43)nc(=O)n(Cc3ccc(F)cc3)c2=O)cc1.Cc1ccc([N+](=O)[O-])c(F)c1. The molecule has 0 aliphatic heterocycles. The third kappa shape index (κ3) is 16.5. The molecule has 0 aliphatic rings. The average molecular weight is 1220 g/mol. The van der Waals surface area contributed by atoms with Gasteiger partial charge in [-0.15, -0.1) is 0 Å². The zero-order valence-electron chi connectivity index (χ0n) is 48.9. The topological polar surface area (TPSA) is 298 Å². The van der Waals surface area contributed by atoms with Crippen molar-refractivity contribution >= 4 is 45.9 Å². The van der Waals surface area contributed by atoms with E-state index in [-0.39, 0.29) is 56.9 Å². The minimum absolute atomic E-state index is 0.0370. The number of ether oxygens (including phenoxy) is 2. The first-order valence-corrected chi connectivity index (χ1v) is 27.5. The average Bonchev–Trinajstić information content (AvgIpc) is 2.42. The predicted molar refractivity (Wildman–Crippen MR) is 331 cm³/mol. The van der Waals surface area contributed by atoms with Crippen molar-refractivity contribution in [2.45, 2.75) is 53.5 Å². The van der Waals surface area contributed by atoms with Crippen LogP contribution in [0.15, 0.2) is 171 Å². The summed E-state index contributed by atoms with van der Waals surface area (Å²) in [7, 11) is 3.13. The van der Waals surface area contributed by atoms with E-state index < -0.39 is 55.7 Å². The van der Waals surface area contributed by atoms with E-state index in [9.17, 15) is 52.6 Å². The first kappa shape index (κ1) is 63.6. The molecule has 0 spiro atoms. The van der Waals surface area contributed by atoms with Crippen molar-refractivity contribution in [2.75, 3.05) is 55.5 Å². The fourth-order valence-corrected chi connectivity index (χ4v) is 9.10. The van der Waals surface area contributed by atoms with Gasteiger partial charge in [0.2, 0.25) is 23.7 Å². The van der Waals surface area contributed by atoms with E-state index >= 15 is 0 Å². The number of benzene rings is 7. The summed E-state index contributed by atoms with van der Waals surface area (Å²) in [6.45, 7) is 6.88. The molecule has 0 atom stereocenters.